The van der Waals surface area contributed by atoms with Crippen LogP contribution in [0.25, 0.3) is 0 Å². The van der Waals surface area contributed by atoms with Crippen LogP contribution in [0.3, 0.4) is 0 Å². The van der Waals surface area contributed by atoms with Crippen molar-refractivity contribution in [1.29, 1.82) is 0 Å². The van der Waals surface area contributed by atoms with E-state index in [4.69, 9.17) is 10.5 Å². The number of piperidine rings is 1. The average molecular weight is 291 g/mol. The van der Waals surface area contributed by atoms with Gasteiger partial charge in [-0.1, -0.05) is 0 Å². The van der Waals surface area contributed by atoms with Gasteiger partial charge >= 0.3 is 0 Å². The summed E-state index contributed by atoms with van der Waals surface area (Å²) < 4.78 is 5.28. The summed E-state index contributed by atoms with van der Waals surface area (Å²) in [5.41, 5.74) is 8.09. The Hall–Kier alpha value is -1.26. The first-order chi connectivity index (χ1) is 10.3. The van der Waals surface area contributed by atoms with E-state index < -0.39 is 0 Å². The Balaban J connectivity index is 1.90. The van der Waals surface area contributed by atoms with E-state index in [0.717, 1.165) is 25.1 Å². The fourth-order valence-corrected chi connectivity index (χ4v) is 2.92. The highest BCUT2D eigenvalue weighted by atomic mass is 16.5. The minimum atomic E-state index is 0.333. The molecule has 1 aliphatic heterocycles. The lowest BCUT2D eigenvalue weighted by atomic mass is 10.1. The first-order valence-electron chi connectivity index (χ1n) is 8.14. The molecule has 0 aromatic heterocycles. The maximum Gasteiger partial charge on any atom is 0.0664 e. The molecule has 0 aliphatic carbocycles. The normalized spacial score (nSPS) is 16.8. The predicted octanol–water partition coefficient (Wildman–Crippen LogP) is 2.84. The van der Waals surface area contributed by atoms with Crippen LogP contribution in [-0.4, -0.2) is 39.4 Å². The first kappa shape index (κ1) is 16.1. The zero-order valence-corrected chi connectivity index (χ0v) is 13.2. The molecule has 1 fully saturated rings. The van der Waals surface area contributed by atoms with Crippen LogP contribution >= 0.6 is 0 Å². The van der Waals surface area contributed by atoms with Crippen molar-refractivity contribution < 1.29 is 4.74 Å². The number of methoxy groups -OCH3 is 1. The molecule has 1 aliphatic rings. The van der Waals surface area contributed by atoms with E-state index in [-0.39, 0.29) is 0 Å². The van der Waals surface area contributed by atoms with Crippen LogP contribution in [0.5, 0.6) is 0 Å². The molecule has 4 nitrogen and oxygen atoms in total. The van der Waals surface area contributed by atoms with Crippen molar-refractivity contribution in [2.45, 2.75) is 38.1 Å². The Morgan fingerprint density at radius 3 is 2.52 bits per heavy atom. The van der Waals surface area contributed by atoms with E-state index in [1.165, 1.54) is 38.0 Å². The van der Waals surface area contributed by atoms with Gasteiger partial charge in [-0.2, -0.15) is 0 Å². The van der Waals surface area contributed by atoms with Gasteiger partial charge in [-0.05, 0) is 62.9 Å². The molecule has 1 heterocycles. The molecule has 1 aromatic rings. The lowest BCUT2D eigenvalue weighted by Crippen LogP contribution is -2.29. The van der Waals surface area contributed by atoms with Crippen LogP contribution in [0.1, 0.15) is 32.1 Å². The van der Waals surface area contributed by atoms with Crippen molar-refractivity contribution in [2.75, 3.05) is 43.6 Å². The quantitative estimate of drug-likeness (QED) is 0.773. The fourth-order valence-electron chi connectivity index (χ4n) is 2.92. The third-order valence-corrected chi connectivity index (χ3v) is 4.08. The number of nitrogens with one attached hydrogen (secondary N) is 1. The third-order valence-electron chi connectivity index (χ3n) is 4.08. The molecule has 4 heteroatoms. The number of ether oxygens (including phenoxy) is 1. The molecule has 1 aromatic carbocycles. The van der Waals surface area contributed by atoms with Crippen LogP contribution in [-0.2, 0) is 4.74 Å². The fraction of sp³-hybridized carbons (Fsp3) is 0.647. The molecule has 1 unspecified atom stereocenters. The number of nitrogens with two attached hydrogens (primary N) is 1. The highest BCUT2D eigenvalue weighted by Gasteiger charge is 2.11. The van der Waals surface area contributed by atoms with Crippen LogP contribution in [0.15, 0.2) is 24.3 Å². The van der Waals surface area contributed by atoms with Crippen molar-refractivity contribution in [1.82, 2.24) is 0 Å². The molecule has 0 bridgehead atoms. The van der Waals surface area contributed by atoms with Crippen molar-refractivity contribution >= 4 is 11.4 Å². The van der Waals surface area contributed by atoms with Gasteiger partial charge in [0.25, 0.3) is 0 Å². The second-order valence-electron chi connectivity index (χ2n) is 5.82. The molecule has 118 valence electrons. The monoisotopic (exact) mass is 291 g/mol. The number of nitrogens with zero attached hydrogens (tertiary/aromatic N) is 1. The van der Waals surface area contributed by atoms with Gasteiger partial charge in [0, 0.05) is 37.6 Å². The first-order valence-corrected chi connectivity index (χ1v) is 8.14. The highest BCUT2D eigenvalue weighted by Crippen LogP contribution is 2.22. The second-order valence-corrected chi connectivity index (χ2v) is 5.82. The van der Waals surface area contributed by atoms with E-state index in [1.807, 2.05) is 0 Å². The van der Waals surface area contributed by atoms with Crippen LogP contribution in [0, 0.1) is 0 Å². The van der Waals surface area contributed by atoms with Crippen LogP contribution in [0.4, 0.5) is 11.4 Å². The summed E-state index contributed by atoms with van der Waals surface area (Å²) in [4.78, 5) is 2.48. The second kappa shape index (κ2) is 8.90. The minimum Gasteiger partial charge on any atom is -0.383 e. The number of anilines is 2. The summed E-state index contributed by atoms with van der Waals surface area (Å²) in [6, 6.07) is 9.13. The van der Waals surface area contributed by atoms with Crippen LogP contribution < -0.4 is 16.0 Å². The van der Waals surface area contributed by atoms with Crippen molar-refractivity contribution in [3.63, 3.8) is 0 Å². The zero-order chi connectivity index (χ0) is 14.9. The summed E-state index contributed by atoms with van der Waals surface area (Å²) in [5.74, 6) is 0. The van der Waals surface area contributed by atoms with E-state index in [9.17, 15) is 0 Å². The Labute approximate surface area is 128 Å². The molecule has 2 rings (SSSR count). The van der Waals surface area contributed by atoms with E-state index in [2.05, 4.69) is 34.5 Å². The van der Waals surface area contributed by atoms with E-state index in [1.54, 1.807) is 7.11 Å². The summed E-state index contributed by atoms with van der Waals surface area (Å²) >= 11 is 0. The molecule has 1 atom stereocenters. The van der Waals surface area contributed by atoms with Gasteiger partial charge in [0.1, 0.15) is 0 Å². The Kier molecular flexibility index (Phi) is 6.83. The molecule has 0 spiro atoms. The van der Waals surface area contributed by atoms with Gasteiger partial charge in [0.05, 0.1) is 6.61 Å². The number of rotatable bonds is 8. The zero-order valence-electron chi connectivity index (χ0n) is 13.2. The number of benzene rings is 1. The van der Waals surface area contributed by atoms with E-state index in [0.29, 0.717) is 12.6 Å². The maximum absolute atomic E-state index is 5.59. The highest BCUT2D eigenvalue weighted by molar-refractivity contribution is 5.55. The van der Waals surface area contributed by atoms with Gasteiger partial charge in [0.2, 0.25) is 0 Å². The molecule has 0 radical (unpaired) electrons. The van der Waals surface area contributed by atoms with Crippen molar-refractivity contribution in [3.8, 4) is 0 Å². The average Bonchev–Trinajstić information content (AvgIpc) is 2.54. The molecule has 0 amide bonds. The molecule has 21 heavy (non-hydrogen) atoms. The molecular weight excluding hydrogens is 262 g/mol. The van der Waals surface area contributed by atoms with Crippen molar-refractivity contribution in [3.05, 3.63) is 24.3 Å². The Morgan fingerprint density at radius 2 is 1.90 bits per heavy atom. The Morgan fingerprint density at radius 1 is 1.19 bits per heavy atom. The van der Waals surface area contributed by atoms with Crippen molar-refractivity contribution in [2.24, 2.45) is 5.73 Å². The van der Waals surface area contributed by atoms with Gasteiger partial charge in [-0.15, -0.1) is 0 Å². The van der Waals surface area contributed by atoms with Gasteiger partial charge in [-0.3, -0.25) is 0 Å². The Bertz CT molecular complexity index is 388. The predicted molar refractivity (Wildman–Crippen MR) is 90.1 cm³/mol. The maximum atomic E-state index is 5.59. The molecular formula is C17H29N3O. The standard InChI is InChI=1S/C17H29N3O/c1-21-14-16(6-5-11-18)19-15-7-9-17(10-8-15)20-12-3-2-4-13-20/h7-10,16,19H,2-6,11-14,18H2,1H3. The summed E-state index contributed by atoms with van der Waals surface area (Å²) in [6.45, 7) is 3.83. The smallest absolute Gasteiger partial charge is 0.0664 e. The van der Waals surface area contributed by atoms with Gasteiger partial charge in [-0.25, -0.2) is 0 Å². The molecule has 1 saturated heterocycles. The summed E-state index contributed by atoms with van der Waals surface area (Å²) in [5, 5.41) is 3.55. The topological polar surface area (TPSA) is 50.5 Å². The molecule has 0 saturated carbocycles. The lowest BCUT2D eigenvalue weighted by Gasteiger charge is -2.29. The third kappa shape index (κ3) is 5.21. The van der Waals surface area contributed by atoms with Crippen LogP contribution in [0.2, 0.25) is 0 Å². The summed E-state index contributed by atoms with van der Waals surface area (Å²) in [6.07, 6.45) is 6.06. The SMILES string of the molecule is COCC(CCCN)Nc1ccc(N2CCCCC2)cc1. The minimum absolute atomic E-state index is 0.333. The molecule has 3 N–H and O–H groups in total. The summed E-state index contributed by atoms with van der Waals surface area (Å²) in [7, 11) is 1.75. The van der Waals surface area contributed by atoms with Gasteiger partial charge in [0.15, 0.2) is 0 Å². The lowest BCUT2D eigenvalue weighted by molar-refractivity contribution is 0.182. The number of hydrogen-bond acceptors (Lipinski definition) is 4. The van der Waals surface area contributed by atoms with Gasteiger partial charge < -0.3 is 20.7 Å². The van der Waals surface area contributed by atoms with E-state index >= 15 is 0 Å². The largest absolute Gasteiger partial charge is 0.383 e. The number of hydrogen-bond donors (Lipinski definition) is 2.